The van der Waals surface area contributed by atoms with Crippen molar-refractivity contribution in [2.24, 2.45) is 0 Å². The number of rotatable bonds is 5. The molecule has 1 aliphatic rings. The van der Waals surface area contributed by atoms with Crippen molar-refractivity contribution in [1.82, 2.24) is 20.0 Å². The summed E-state index contributed by atoms with van der Waals surface area (Å²) in [6, 6.07) is 9.57. The molecule has 7 nitrogen and oxygen atoms in total. The van der Waals surface area contributed by atoms with E-state index in [0.717, 1.165) is 37.6 Å². The van der Waals surface area contributed by atoms with Crippen LogP contribution in [0.3, 0.4) is 0 Å². The Labute approximate surface area is 173 Å². The molecule has 1 aliphatic heterocycles. The molecule has 28 heavy (non-hydrogen) atoms. The van der Waals surface area contributed by atoms with Crippen molar-refractivity contribution >= 4 is 35.0 Å². The summed E-state index contributed by atoms with van der Waals surface area (Å²) in [4.78, 5) is 13.5. The van der Waals surface area contributed by atoms with Crippen LogP contribution < -0.4 is 10.2 Å². The summed E-state index contributed by atoms with van der Waals surface area (Å²) in [5.74, 6) is 1.44. The van der Waals surface area contributed by atoms with Crippen molar-refractivity contribution in [2.45, 2.75) is 6.54 Å². The number of aromatic nitrogens is 3. The second-order valence-electron chi connectivity index (χ2n) is 6.75. The maximum absolute atomic E-state index is 6.03. The highest BCUT2D eigenvalue weighted by atomic mass is 35.5. The number of halogens is 2. The van der Waals surface area contributed by atoms with Gasteiger partial charge >= 0.3 is 6.01 Å². The van der Waals surface area contributed by atoms with E-state index in [4.69, 9.17) is 27.7 Å². The molecule has 4 rings (SSSR count). The van der Waals surface area contributed by atoms with Crippen LogP contribution in [0.2, 0.25) is 10.0 Å². The molecule has 3 aromatic rings. The smallest absolute Gasteiger partial charge is 0.322 e. The van der Waals surface area contributed by atoms with Crippen LogP contribution in [0.4, 0.5) is 11.8 Å². The minimum atomic E-state index is 0.328. The van der Waals surface area contributed by atoms with Gasteiger partial charge in [-0.15, -0.1) is 0 Å². The second-order valence-corrected chi connectivity index (χ2v) is 7.62. The van der Waals surface area contributed by atoms with E-state index in [0.29, 0.717) is 34.0 Å². The maximum atomic E-state index is 6.03. The van der Waals surface area contributed by atoms with E-state index in [1.54, 1.807) is 18.2 Å². The van der Waals surface area contributed by atoms with Crippen LogP contribution >= 0.6 is 23.2 Å². The van der Waals surface area contributed by atoms with E-state index in [9.17, 15) is 0 Å². The lowest BCUT2D eigenvalue weighted by atomic mass is 10.2. The number of benzene rings is 1. The van der Waals surface area contributed by atoms with Crippen LogP contribution in [0.25, 0.3) is 11.4 Å². The summed E-state index contributed by atoms with van der Waals surface area (Å²) in [6.45, 7) is 4.65. The van der Waals surface area contributed by atoms with Gasteiger partial charge in [-0.05, 0) is 36.9 Å². The average Bonchev–Trinajstić information content (AvgIpc) is 3.16. The Morgan fingerprint density at radius 1 is 1.07 bits per heavy atom. The fourth-order valence-electron chi connectivity index (χ4n) is 3.02. The number of nitrogens with one attached hydrogen (secondary N) is 1. The standard InChI is InChI=1S/C19H20Cl2N6O/c1-26-4-6-27(7-5-26)17-3-2-13(11-22-17)12-23-19-24-18(25-28-19)14-8-15(20)10-16(21)9-14/h2-3,8-11H,4-7,12H2,1H3,(H,23,24,25). The van der Waals surface area contributed by atoms with Crippen LogP contribution in [-0.4, -0.2) is 53.3 Å². The molecule has 0 bridgehead atoms. The zero-order valence-corrected chi connectivity index (χ0v) is 16.9. The highest BCUT2D eigenvalue weighted by Gasteiger charge is 2.15. The lowest BCUT2D eigenvalue weighted by Crippen LogP contribution is -2.44. The van der Waals surface area contributed by atoms with Gasteiger partial charge in [-0.3, -0.25) is 0 Å². The minimum absolute atomic E-state index is 0.328. The van der Waals surface area contributed by atoms with Crippen molar-refractivity contribution in [2.75, 3.05) is 43.4 Å². The molecule has 0 unspecified atom stereocenters. The van der Waals surface area contributed by atoms with Gasteiger partial charge in [-0.2, -0.15) is 4.98 Å². The molecular formula is C19H20Cl2N6O. The van der Waals surface area contributed by atoms with E-state index in [1.807, 2.05) is 6.20 Å². The van der Waals surface area contributed by atoms with Crippen molar-refractivity contribution < 1.29 is 4.52 Å². The quantitative estimate of drug-likeness (QED) is 0.675. The van der Waals surface area contributed by atoms with Gasteiger partial charge in [0.05, 0.1) is 0 Å². The van der Waals surface area contributed by atoms with Crippen molar-refractivity contribution in [3.63, 3.8) is 0 Å². The van der Waals surface area contributed by atoms with Crippen molar-refractivity contribution in [3.8, 4) is 11.4 Å². The third-order valence-corrected chi connectivity index (χ3v) is 5.06. The first-order valence-electron chi connectivity index (χ1n) is 8.99. The SMILES string of the molecule is CN1CCN(c2ccc(CNc3nc(-c4cc(Cl)cc(Cl)c4)no3)cn2)CC1. The molecule has 146 valence electrons. The van der Waals surface area contributed by atoms with Gasteiger partial charge in [0, 0.05) is 54.5 Å². The first-order valence-corrected chi connectivity index (χ1v) is 9.75. The van der Waals surface area contributed by atoms with Crippen LogP contribution in [0, 0.1) is 0 Å². The summed E-state index contributed by atoms with van der Waals surface area (Å²) in [6.07, 6.45) is 1.87. The molecule has 0 aliphatic carbocycles. The van der Waals surface area contributed by atoms with Gasteiger partial charge in [0.2, 0.25) is 5.82 Å². The molecule has 3 heterocycles. The van der Waals surface area contributed by atoms with Crippen molar-refractivity contribution in [1.29, 1.82) is 0 Å². The van der Waals surface area contributed by atoms with Crippen LogP contribution in [0.1, 0.15) is 5.56 Å². The lowest BCUT2D eigenvalue weighted by molar-refractivity contribution is 0.312. The molecule has 0 amide bonds. The monoisotopic (exact) mass is 418 g/mol. The second kappa shape index (κ2) is 8.34. The number of piperazine rings is 1. The number of anilines is 2. The summed E-state index contributed by atoms with van der Waals surface area (Å²) >= 11 is 12.1. The summed E-state index contributed by atoms with van der Waals surface area (Å²) in [5.41, 5.74) is 1.73. The molecule has 1 saturated heterocycles. The predicted octanol–water partition coefficient (Wildman–Crippen LogP) is 3.80. The Kier molecular flexibility index (Phi) is 5.66. The number of hydrogen-bond acceptors (Lipinski definition) is 7. The first kappa shape index (κ1) is 19.0. The van der Waals surface area contributed by atoms with E-state index in [-0.39, 0.29) is 0 Å². The Balaban J connectivity index is 1.36. The molecule has 9 heteroatoms. The number of pyridine rings is 1. The third-order valence-electron chi connectivity index (χ3n) is 4.63. The van der Waals surface area contributed by atoms with E-state index in [1.165, 1.54) is 0 Å². The molecular weight excluding hydrogens is 399 g/mol. The number of nitrogens with zero attached hydrogens (tertiary/aromatic N) is 5. The van der Waals surface area contributed by atoms with Gasteiger partial charge in [0.15, 0.2) is 0 Å². The van der Waals surface area contributed by atoms with E-state index >= 15 is 0 Å². The fraction of sp³-hybridized carbons (Fsp3) is 0.316. The topological polar surface area (TPSA) is 70.3 Å². The molecule has 0 atom stereocenters. The number of likely N-dealkylation sites (N-methyl/N-ethyl adjacent to an activating group) is 1. The average molecular weight is 419 g/mol. The number of hydrogen-bond donors (Lipinski definition) is 1. The molecule has 0 radical (unpaired) electrons. The Morgan fingerprint density at radius 2 is 1.82 bits per heavy atom. The Bertz CT molecular complexity index is 918. The van der Waals surface area contributed by atoms with Gasteiger partial charge < -0.3 is 19.6 Å². The molecule has 0 saturated carbocycles. The fourth-order valence-corrected chi connectivity index (χ4v) is 3.54. The van der Waals surface area contributed by atoms with E-state index < -0.39 is 0 Å². The van der Waals surface area contributed by atoms with Gasteiger partial charge in [0.1, 0.15) is 5.82 Å². The summed E-state index contributed by atoms with van der Waals surface area (Å²) < 4.78 is 5.26. The highest BCUT2D eigenvalue weighted by Crippen LogP contribution is 2.26. The van der Waals surface area contributed by atoms with Crippen LogP contribution in [0.5, 0.6) is 0 Å². The summed E-state index contributed by atoms with van der Waals surface area (Å²) in [7, 11) is 2.14. The van der Waals surface area contributed by atoms with Gasteiger partial charge in [-0.25, -0.2) is 4.98 Å². The highest BCUT2D eigenvalue weighted by molar-refractivity contribution is 6.35. The predicted molar refractivity (Wildman–Crippen MR) is 111 cm³/mol. The minimum Gasteiger partial charge on any atom is -0.354 e. The Hall–Kier alpha value is -2.35. The third kappa shape index (κ3) is 4.55. The summed E-state index contributed by atoms with van der Waals surface area (Å²) in [5, 5.41) is 8.13. The normalized spacial score (nSPS) is 15.0. The van der Waals surface area contributed by atoms with Gasteiger partial charge in [-0.1, -0.05) is 34.4 Å². The largest absolute Gasteiger partial charge is 0.354 e. The van der Waals surface area contributed by atoms with Crippen LogP contribution in [0.15, 0.2) is 41.1 Å². The van der Waals surface area contributed by atoms with Gasteiger partial charge in [0.25, 0.3) is 0 Å². The molecule has 1 fully saturated rings. The molecule has 1 N–H and O–H groups in total. The maximum Gasteiger partial charge on any atom is 0.322 e. The van der Waals surface area contributed by atoms with E-state index in [2.05, 4.69) is 49.4 Å². The Morgan fingerprint density at radius 3 is 2.50 bits per heavy atom. The zero-order valence-electron chi connectivity index (χ0n) is 15.4. The van der Waals surface area contributed by atoms with Crippen molar-refractivity contribution in [3.05, 3.63) is 52.1 Å². The first-order chi connectivity index (χ1) is 13.6. The zero-order chi connectivity index (χ0) is 19.5. The molecule has 1 aromatic carbocycles. The molecule has 0 spiro atoms. The lowest BCUT2D eigenvalue weighted by Gasteiger charge is -2.33. The van der Waals surface area contributed by atoms with Crippen LogP contribution in [-0.2, 0) is 6.54 Å². The molecule has 2 aromatic heterocycles.